The van der Waals surface area contributed by atoms with Gasteiger partial charge in [0.05, 0.1) is 5.56 Å². The molecule has 0 aromatic carbocycles. The zero-order chi connectivity index (χ0) is 16.5. The summed E-state index contributed by atoms with van der Waals surface area (Å²) in [7, 11) is 0. The Kier molecular flexibility index (Phi) is 4.47. The van der Waals surface area contributed by atoms with Crippen LogP contribution in [-0.4, -0.2) is 30.0 Å². The fourth-order valence-corrected chi connectivity index (χ4v) is 5.23. The SMILES string of the molecule is CC(NC(=O)c1cccnc1N1CCCCC1)C1CC2CCC1C2. The minimum atomic E-state index is 0.0546. The summed E-state index contributed by atoms with van der Waals surface area (Å²) in [6.07, 6.45) is 10.9. The van der Waals surface area contributed by atoms with E-state index in [2.05, 4.69) is 22.1 Å². The van der Waals surface area contributed by atoms with E-state index in [-0.39, 0.29) is 11.9 Å². The van der Waals surface area contributed by atoms with Gasteiger partial charge < -0.3 is 10.2 Å². The monoisotopic (exact) mass is 327 g/mol. The molecule has 4 unspecified atom stereocenters. The van der Waals surface area contributed by atoms with E-state index < -0.39 is 0 Å². The zero-order valence-corrected chi connectivity index (χ0v) is 14.7. The second-order valence-electron chi connectivity index (χ2n) is 8.02. The maximum absolute atomic E-state index is 12.9. The number of carbonyl (C=O) groups is 1. The van der Waals surface area contributed by atoms with Gasteiger partial charge in [-0.25, -0.2) is 4.98 Å². The fourth-order valence-electron chi connectivity index (χ4n) is 5.23. The molecule has 4 atom stereocenters. The highest BCUT2D eigenvalue weighted by Gasteiger charge is 2.42. The smallest absolute Gasteiger partial charge is 0.255 e. The summed E-state index contributed by atoms with van der Waals surface area (Å²) in [6.45, 7) is 4.22. The van der Waals surface area contributed by atoms with Gasteiger partial charge in [-0.3, -0.25) is 4.79 Å². The van der Waals surface area contributed by atoms with Crippen LogP contribution in [0.5, 0.6) is 0 Å². The van der Waals surface area contributed by atoms with Crippen LogP contribution in [0.25, 0.3) is 0 Å². The van der Waals surface area contributed by atoms with E-state index in [0.29, 0.717) is 5.92 Å². The Hall–Kier alpha value is -1.58. The third-order valence-electron chi connectivity index (χ3n) is 6.48. The number of fused-ring (bicyclic) bond motifs is 2. The highest BCUT2D eigenvalue weighted by Crippen LogP contribution is 2.49. The fraction of sp³-hybridized carbons (Fsp3) is 0.700. The lowest BCUT2D eigenvalue weighted by molar-refractivity contribution is 0.0915. The summed E-state index contributed by atoms with van der Waals surface area (Å²) in [5.41, 5.74) is 0.745. The molecule has 2 bridgehead atoms. The van der Waals surface area contributed by atoms with Crippen LogP contribution < -0.4 is 10.2 Å². The Morgan fingerprint density at radius 1 is 1.25 bits per heavy atom. The summed E-state index contributed by atoms with van der Waals surface area (Å²) in [5, 5.41) is 3.30. The van der Waals surface area contributed by atoms with Crippen LogP contribution in [0.3, 0.4) is 0 Å². The molecule has 3 aliphatic rings. The molecule has 1 aromatic rings. The average molecular weight is 327 g/mol. The van der Waals surface area contributed by atoms with Crippen molar-refractivity contribution in [3.63, 3.8) is 0 Å². The molecule has 24 heavy (non-hydrogen) atoms. The van der Waals surface area contributed by atoms with Crippen LogP contribution in [0.1, 0.15) is 62.2 Å². The van der Waals surface area contributed by atoms with E-state index in [1.165, 1.54) is 44.9 Å². The van der Waals surface area contributed by atoms with Crippen LogP contribution in [0.15, 0.2) is 18.3 Å². The first kappa shape index (κ1) is 15.9. The number of hydrogen-bond donors (Lipinski definition) is 1. The maximum atomic E-state index is 12.9. The normalized spacial score (nSPS) is 30.4. The lowest BCUT2D eigenvalue weighted by Crippen LogP contribution is -2.41. The zero-order valence-electron chi connectivity index (χ0n) is 14.7. The largest absolute Gasteiger partial charge is 0.356 e. The third kappa shape index (κ3) is 3.03. The van der Waals surface area contributed by atoms with Crippen LogP contribution in [0.2, 0.25) is 0 Å². The Balaban J connectivity index is 1.46. The van der Waals surface area contributed by atoms with Gasteiger partial charge in [0.1, 0.15) is 5.82 Å². The molecule has 3 fully saturated rings. The van der Waals surface area contributed by atoms with Crippen molar-refractivity contribution in [3.8, 4) is 0 Å². The van der Waals surface area contributed by atoms with Crippen molar-refractivity contribution >= 4 is 11.7 Å². The molecular formula is C20H29N3O. The number of hydrogen-bond acceptors (Lipinski definition) is 3. The van der Waals surface area contributed by atoms with Gasteiger partial charge in [0, 0.05) is 25.3 Å². The van der Waals surface area contributed by atoms with Gasteiger partial charge in [0.2, 0.25) is 0 Å². The maximum Gasteiger partial charge on any atom is 0.255 e. The van der Waals surface area contributed by atoms with Crippen molar-refractivity contribution in [2.24, 2.45) is 17.8 Å². The van der Waals surface area contributed by atoms with Gasteiger partial charge in [-0.1, -0.05) is 6.42 Å². The van der Waals surface area contributed by atoms with Crippen molar-refractivity contribution in [1.82, 2.24) is 10.3 Å². The number of aromatic nitrogens is 1. The number of anilines is 1. The molecule has 2 aliphatic carbocycles. The summed E-state index contributed by atoms with van der Waals surface area (Å²) < 4.78 is 0. The third-order valence-corrected chi connectivity index (χ3v) is 6.48. The van der Waals surface area contributed by atoms with E-state index in [0.717, 1.165) is 36.3 Å². The average Bonchev–Trinajstić information content (AvgIpc) is 3.26. The lowest BCUT2D eigenvalue weighted by atomic mass is 9.84. The highest BCUT2D eigenvalue weighted by molar-refractivity contribution is 5.99. The molecule has 0 spiro atoms. The topological polar surface area (TPSA) is 45.2 Å². The minimum absolute atomic E-state index is 0.0546. The second-order valence-corrected chi connectivity index (χ2v) is 8.02. The minimum Gasteiger partial charge on any atom is -0.356 e. The van der Waals surface area contributed by atoms with E-state index in [1.54, 1.807) is 6.20 Å². The second kappa shape index (κ2) is 6.73. The Morgan fingerprint density at radius 2 is 2.08 bits per heavy atom. The van der Waals surface area contributed by atoms with Crippen molar-refractivity contribution in [3.05, 3.63) is 23.9 Å². The molecule has 2 saturated carbocycles. The molecule has 2 heterocycles. The Morgan fingerprint density at radius 3 is 2.79 bits per heavy atom. The first-order valence-electron chi connectivity index (χ1n) is 9.73. The van der Waals surface area contributed by atoms with Crippen molar-refractivity contribution in [2.75, 3.05) is 18.0 Å². The molecule has 0 radical (unpaired) electrons. The van der Waals surface area contributed by atoms with Crippen LogP contribution >= 0.6 is 0 Å². The predicted octanol–water partition coefficient (Wildman–Crippen LogP) is 3.63. The number of rotatable bonds is 4. The van der Waals surface area contributed by atoms with Crippen LogP contribution in [0.4, 0.5) is 5.82 Å². The number of pyridine rings is 1. The number of nitrogens with one attached hydrogen (secondary N) is 1. The van der Waals surface area contributed by atoms with Crippen LogP contribution in [0, 0.1) is 17.8 Å². The lowest BCUT2D eigenvalue weighted by Gasteiger charge is -2.31. The molecule has 4 rings (SSSR count). The summed E-state index contributed by atoms with van der Waals surface area (Å²) in [4.78, 5) is 19.7. The Labute approximate surface area is 145 Å². The molecule has 1 N–H and O–H groups in total. The quantitative estimate of drug-likeness (QED) is 0.918. The van der Waals surface area contributed by atoms with Gasteiger partial charge in [-0.2, -0.15) is 0 Å². The van der Waals surface area contributed by atoms with E-state index in [4.69, 9.17) is 0 Å². The van der Waals surface area contributed by atoms with Gasteiger partial charge in [-0.05, 0) is 75.3 Å². The van der Waals surface area contributed by atoms with Gasteiger partial charge in [0.15, 0.2) is 0 Å². The highest BCUT2D eigenvalue weighted by atomic mass is 16.1. The summed E-state index contributed by atoms with van der Waals surface area (Å²) in [5.74, 6) is 3.35. The van der Waals surface area contributed by atoms with E-state index in [9.17, 15) is 4.79 Å². The number of piperidine rings is 1. The van der Waals surface area contributed by atoms with E-state index >= 15 is 0 Å². The molecule has 4 heteroatoms. The summed E-state index contributed by atoms with van der Waals surface area (Å²) >= 11 is 0. The number of nitrogens with zero attached hydrogens (tertiary/aromatic N) is 2. The molecule has 1 aromatic heterocycles. The molecule has 1 aliphatic heterocycles. The standard InChI is InChI=1S/C20H29N3O/c1-14(18-13-15-7-8-16(18)12-15)22-20(24)17-6-5-9-21-19(17)23-10-3-2-4-11-23/h5-6,9,14-16,18H,2-4,7-8,10-13H2,1H3,(H,22,24). The molecule has 1 saturated heterocycles. The van der Waals surface area contributed by atoms with Gasteiger partial charge in [-0.15, -0.1) is 0 Å². The van der Waals surface area contributed by atoms with Crippen molar-refractivity contribution < 1.29 is 4.79 Å². The van der Waals surface area contributed by atoms with Crippen LogP contribution in [-0.2, 0) is 0 Å². The number of amides is 1. The molecule has 4 nitrogen and oxygen atoms in total. The molecule has 1 amide bonds. The first-order chi connectivity index (χ1) is 11.7. The van der Waals surface area contributed by atoms with E-state index in [1.807, 2.05) is 12.1 Å². The molecule has 130 valence electrons. The molecular weight excluding hydrogens is 298 g/mol. The van der Waals surface area contributed by atoms with Gasteiger partial charge in [0.25, 0.3) is 5.91 Å². The van der Waals surface area contributed by atoms with Gasteiger partial charge >= 0.3 is 0 Å². The van der Waals surface area contributed by atoms with Crippen molar-refractivity contribution in [1.29, 1.82) is 0 Å². The van der Waals surface area contributed by atoms with Crippen molar-refractivity contribution in [2.45, 2.75) is 57.9 Å². The Bertz CT molecular complexity index is 596. The number of carbonyl (C=O) groups excluding carboxylic acids is 1. The summed E-state index contributed by atoms with van der Waals surface area (Å²) in [6, 6.07) is 4.08. The predicted molar refractivity (Wildman–Crippen MR) is 96.2 cm³/mol. The first-order valence-corrected chi connectivity index (χ1v) is 9.73.